The minimum atomic E-state index is -0.308. The van der Waals surface area contributed by atoms with Gasteiger partial charge in [0.05, 0.1) is 23.5 Å². The fourth-order valence-corrected chi connectivity index (χ4v) is 4.96. The summed E-state index contributed by atoms with van der Waals surface area (Å²) >= 11 is 5.73. The number of thiocarbonyl (C=S) groups is 1. The maximum atomic E-state index is 14.9. The van der Waals surface area contributed by atoms with E-state index >= 15 is 0 Å². The van der Waals surface area contributed by atoms with E-state index in [-0.39, 0.29) is 17.9 Å². The monoisotopic (exact) mass is 457 g/mol. The summed E-state index contributed by atoms with van der Waals surface area (Å²) in [6.45, 7) is 4.91. The molecule has 0 bridgehead atoms. The summed E-state index contributed by atoms with van der Waals surface area (Å²) in [4.78, 5) is 10.7. The van der Waals surface area contributed by atoms with E-state index in [2.05, 4.69) is 45.8 Å². The predicted molar refractivity (Wildman–Crippen MR) is 132 cm³/mol. The van der Waals surface area contributed by atoms with E-state index in [0.29, 0.717) is 17.3 Å². The van der Waals surface area contributed by atoms with E-state index < -0.39 is 0 Å². The number of benzene rings is 1. The zero-order valence-corrected chi connectivity index (χ0v) is 19.3. The first-order valence-electron chi connectivity index (χ1n) is 10.9. The first-order chi connectivity index (χ1) is 16.0. The second-order valence-corrected chi connectivity index (χ2v) is 8.61. The van der Waals surface area contributed by atoms with Crippen LogP contribution in [0.3, 0.4) is 0 Å². The standard InChI is InChI=1S/C26H24FN5S/c1-17-14-20(18(2)31(17)16-19-8-7-12-28-15-19)25-24(22-10-5-6-13-29-22)30-26(33)32(25)23-11-4-3-9-21(23)27/h3-15,24-25H,16H2,1-2H3,(H,30,33)/t24-,25-/m0/s1. The molecule has 2 atom stereocenters. The Morgan fingerprint density at radius 2 is 1.85 bits per heavy atom. The first kappa shape index (κ1) is 21.3. The molecular weight excluding hydrogens is 433 g/mol. The highest BCUT2D eigenvalue weighted by Gasteiger charge is 2.43. The van der Waals surface area contributed by atoms with Crippen molar-refractivity contribution in [3.05, 3.63) is 113 Å². The van der Waals surface area contributed by atoms with Crippen LogP contribution in [0.4, 0.5) is 10.1 Å². The van der Waals surface area contributed by atoms with Crippen LogP contribution in [0.5, 0.6) is 0 Å². The van der Waals surface area contributed by atoms with Crippen LogP contribution in [0.25, 0.3) is 0 Å². The molecule has 1 fully saturated rings. The molecule has 0 amide bonds. The molecule has 1 aliphatic heterocycles. The lowest BCUT2D eigenvalue weighted by Gasteiger charge is -2.28. The minimum Gasteiger partial charge on any atom is -0.351 e. The number of rotatable bonds is 5. The number of aryl methyl sites for hydroxylation is 1. The smallest absolute Gasteiger partial charge is 0.174 e. The van der Waals surface area contributed by atoms with E-state index in [9.17, 15) is 4.39 Å². The SMILES string of the molecule is Cc1cc([C@H]2[C@H](c3ccccn3)NC(=S)N2c2ccccc2F)c(C)n1Cc1cccnc1. The van der Waals surface area contributed by atoms with E-state index in [1.165, 1.54) is 6.07 Å². The molecule has 0 spiro atoms. The molecule has 4 aromatic rings. The zero-order valence-electron chi connectivity index (χ0n) is 18.4. The average Bonchev–Trinajstić information content (AvgIpc) is 3.31. The van der Waals surface area contributed by atoms with Crippen LogP contribution >= 0.6 is 12.2 Å². The molecule has 0 radical (unpaired) electrons. The summed E-state index contributed by atoms with van der Waals surface area (Å²) in [7, 11) is 0. The number of hydrogen-bond acceptors (Lipinski definition) is 3. The third-order valence-corrected chi connectivity index (χ3v) is 6.52. The molecule has 0 aliphatic carbocycles. The highest BCUT2D eigenvalue weighted by atomic mass is 32.1. The lowest BCUT2D eigenvalue weighted by atomic mass is 9.96. The summed E-state index contributed by atoms with van der Waals surface area (Å²) < 4.78 is 17.2. The van der Waals surface area contributed by atoms with Crippen molar-refractivity contribution in [1.82, 2.24) is 19.9 Å². The Labute approximate surface area is 197 Å². The number of pyridine rings is 2. The van der Waals surface area contributed by atoms with Crippen LogP contribution in [-0.2, 0) is 6.54 Å². The summed E-state index contributed by atoms with van der Waals surface area (Å²) in [6, 6.07) is 18.3. The maximum Gasteiger partial charge on any atom is 0.174 e. The Kier molecular flexibility index (Phi) is 5.64. The van der Waals surface area contributed by atoms with Crippen molar-refractivity contribution in [1.29, 1.82) is 0 Å². The van der Waals surface area contributed by atoms with Gasteiger partial charge >= 0.3 is 0 Å². The minimum absolute atomic E-state index is 0.217. The molecule has 5 rings (SSSR count). The third kappa shape index (κ3) is 3.89. The number of halogens is 1. The van der Waals surface area contributed by atoms with E-state index in [1.807, 2.05) is 41.4 Å². The van der Waals surface area contributed by atoms with E-state index in [4.69, 9.17) is 12.2 Å². The Hall–Kier alpha value is -3.58. The highest BCUT2D eigenvalue weighted by Crippen LogP contribution is 2.43. The predicted octanol–water partition coefficient (Wildman–Crippen LogP) is 5.26. The van der Waals surface area contributed by atoms with Gasteiger partial charge in [0.1, 0.15) is 5.82 Å². The van der Waals surface area contributed by atoms with Gasteiger partial charge < -0.3 is 14.8 Å². The van der Waals surface area contributed by atoms with E-state index in [1.54, 1.807) is 24.5 Å². The van der Waals surface area contributed by atoms with Crippen LogP contribution in [0.1, 0.15) is 40.3 Å². The van der Waals surface area contributed by atoms with Gasteiger partial charge in [0.15, 0.2) is 5.11 Å². The van der Waals surface area contributed by atoms with Crippen LogP contribution in [0, 0.1) is 19.7 Å². The van der Waals surface area contributed by atoms with E-state index in [0.717, 1.165) is 28.2 Å². The zero-order chi connectivity index (χ0) is 22.9. The fourth-order valence-electron chi connectivity index (χ4n) is 4.62. The van der Waals surface area contributed by atoms with Gasteiger partial charge in [-0.2, -0.15) is 0 Å². The molecule has 166 valence electrons. The molecule has 1 aromatic carbocycles. The molecule has 7 heteroatoms. The second kappa shape index (κ2) is 8.75. The van der Waals surface area contributed by atoms with Crippen LogP contribution in [0.15, 0.2) is 79.3 Å². The van der Waals surface area contributed by atoms with Crippen molar-refractivity contribution in [3.8, 4) is 0 Å². The van der Waals surface area contributed by atoms with Gasteiger partial charge in [0.2, 0.25) is 0 Å². The molecule has 4 heterocycles. The van der Waals surface area contributed by atoms with Crippen molar-refractivity contribution in [2.24, 2.45) is 0 Å². The summed E-state index contributed by atoms with van der Waals surface area (Å²) in [5, 5.41) is 3.89. The van der Waals surface area contributed by atoms with Gasteiger partial charge in [-0.1, -0.05) is 24.3 Å². The molecule has 1 N–H and O–H groups in total. The first-order valence-corrected chi connectivity index (χ1v) is 11.3. The topological polar surface area (TPSA) is 46.0 Å². The number of nitrogens with zero attached hydrogens (tertiary/aromatic N) is 4. The number of hydrogen-bond donors (Lipinski definition) is 1. The molecule has 1 saturated heterocycles. The van der Waals surface area contributed by atoms with Crippen LogP contribution in [0.2, 0.25) is 0 Å². The largest absolute Gasteiger partial charge is 0.351 e. The normalized spacial score (nSPS) is 17.9. The number of nitrogens with one attached hydrogen (secondary N) is 1. The molecule has 0 unspecified atom stereocenters. The number of para-hydroxylation sites is 1. The lowest BCUT2D eigenvalue weighted by molar-refractivity contribution is 0.554. The van der Waals surface area contributed by atoms with Crippen molar-refractivity contribution >= 4 is 23.0 Å². The van der Waals surface area contributed by atoms with Crippen molar-refractivity contribution < 1.29 is 4.39 Å². The summed E-state index contributed by atoms with van der Waals surface area (Å²) in [5.74, 6) is -0.308. The maximum absolute atomic E-state index is 14.9. The number of anilines is 1. The summed E-state index contributed by atoms with van der Waals surface area (Å²) in [5.41, 5.74) is 5.75. The Bertz CT molecular complexity index is 1290. The molecule has 0 saturated carbocycles. The Morgan fingerprint density at radius 3 is 2.58 bits per heavy atom. The van der Waals surface area contributed by atoms with Gasteiger partial charge in [-0.05, 0) is 73.6 Å². The molecule has 5 nitrogen and oxygen atoms in total. The fraction of sp³-hybridized carbons (Fsp3) is 0.192. The molecule has 33 heavy (non-hydrogen) atoms. The van der Waals surface area contributed by atoms with Crippen LogP contribution < -0.4 is 10.2 Å². The summed E-state index contributed by atoms with van der Waals surface area (Å²) in [6.07, 6.45) is 5.43. The average molecular weight is 458 g/mol. The lowest BCUT2D eigenvalue weighted by Crippen LogP contribution is -2.30. The van der Waals surface area contributed by atoms with Crippen molar-refractivity contribution in [3.63, 3.8) is 0 Å². The van der Waals surface area contributed by atoms with Gasteiger partial charge in [0, 0.05) is 36.5 Å². The van der Waals surface area contributed by atoms with Crippen molar-refractivity contribution in [2.75, 3.05) is 4.90 Å². The molecular formula is C26H24FN5S. The van der Waals surface area contributed by atoms with Gasteiger partial charge in [0.25, 0.3) is 0 Å². The molecule has 3 aromatic heterocycles. The second-order valence-electron chi connectivity index (χ2n) is 8.22. The van der Waals surface area contributed by atoms with Gasteiger partial charge in [-0.25, -0.2) is 4.39 Å². The van der Waals surface area contributed by atoms with Gasteiger partial charge in [-0.15, -0.1) is 0 Å². The Morgan fingerprint density at radius 1 is 1.03 bits per heavy atom. The van der Waals surface area contributed by atoms with Crippen LogP contribution in [-0.4, -0.2) is 19.6 Å². The highest BCUT2D eigenvalue weighted by molar-refractivity contribution is 7.80. The Balaban J connectivity index is 1.64. The molecule has 1 aliphatic rings. The quantitative estimate of drug-likeness (QED) is 0.414. The third-order valence-electron chi connectivity index (χ3n) is 6.21. The van der Waals surface area contributed by atoms with Gasteiger partial charge in [-0.3, -0.25) is 9.97 Å². The van der Waals surface area contributed by atoms with Crippen molar-refractivity contribution in [2.45, 2.75) is 32.5 Å². The number of aromatic nitrogens is 3.